The van der Waals surface area contributed by atoms with Gasteiger partial charge in [0.25, 0.3) is 0 Å². The minimum atomic E-state index is -0.923. The maximum atomic E-state index is 11.2. The van der Waals surface area contributed by atoms with Gasteiger partial charge in [0.1, 0.15) is 12.0 Å². The zero-order chi connectivity index (χ0) is 31.5. The van der Waals surface area contributed by atoms with Crippen LogP contribution in [0.2, 0.25) is 0 Å². The van der Waals surface area contributed by atoms with E-state index in [1.54, 1.807) is 18.3 Å². The van der Waals surface area contributed by atoms with Crippen molar-refractivity contribution in [3.8, 4) is 11.1 Å². The lowest BCUT2D eigenvalue weighted by Gasteiger charge is -2.24. The largest absolute Gasteiger partial charge is 0.478 e. The Kier molecular flexibility index (Phi) is 8.55. The van der Waals surface area contributed by atoms with E-state index in [2.05, 4.69) is 109 Å². The number of aryl methyl sites for hydroxylation is 4. The first-order valence-electron chi connectivity index (χ1n) is 14.8. The molecule has 0 amide bonds. The highest BCUT2D eigenvalue weighted by Gasteiger charge is 2.21. The Morgan fingerprint density at radius 1 is 0.667 bits per heavy atom. The maximum absolute atomic E-state index is 11.2. The highest BCUT2D eigenvalue weighted by Crippen LogP contribution is 2.36. The zero-order valence-electron chi connectivity index (χ0n) is 25.7. The number of carbonyl (C=O) groups is 1. The predicted octanol–water partition coefficient (Wildman–Crippen LogP) is 8.15. The summed E-state index contributed by atoms with van der Waals surface area (Å²) in [6.45, 7) is 8.64. The second kappa shape index (κ2) is 12.9. The molecule has 0 spiro atoms. The molecule has 45 heavy (non-hydrogen) atoms. The van der Waals surface area contributed by atoms with Crippen LogP contribution in [0.25, 0.3) is 33.1 Å². The van der Waals surface area contributed by atoms with E-state index in [1.165, 1.54) is 38.9 Å². The summed E-state index contributed by atoms with van der Waals surface area (Å²) in [7, 11) is -0.508. The zero-order valence-corrected chi connectivity index (χ0v) is 26.6. The number of nitrogens with zero attached hydrogens (tertiary/aromatic N) is 2. The van der Waals surface area contributed by atoms with Gasteiger partial charge in [0, 0.05) is 22.5 Å². The number of hydrogen-bond donors (Lipinski definition) is 2. The van der Waals surface area contributed by atoms with Gasteiger partial charge >= 0.3 is 5.97 Å². The van der Waals surface area contributed by atoms with Gasteiger partial charge in [-0.1, -0.05) is 91.0 Å². The number of hydrogen-bond acceptors (Lipinski definition) is 3. The van der Waals surface area contributed by atoms with E-state index < -0.39 is 13.9 Å². The Hall–Kier alpha value is -5.12. The minimum Gasteiger partial charge on any atom is -0.478 e. The SMILES string of the molecule is Cc1ccc(C(=O)O)cc1-c1ccc2c(c1)[nH]c1ncncc12.Cc1ccccc1P(c1ccccc1C)c1ccccc1C. The Morgan fingerprint density at radius 3 is 1.80 bits per heavy atom. The lowest BCUT2D eigenvalue weighted by Crippen LogP contribution is -2.25. The van der Waals surface area contributed by atoms with Crippen LogP contribution in [0.4, 0.5) is 0 Å². The topological polar surface area (TPSA) is 78.9 Å². The second-order valence-corrected chi connectivity index (χ2v) is 13.3. The number of carboxylic acid groups (broad SMARTS) is 1. The second-order valence-electron chi connectivity index (χ2n) is 11.2. The van der Waals surface area contributed by atoms with E-state index in [-0.39, 0.29) is 5.56 Å². The van der Waals surface area contributed by atoms with Crippen molar-refractivity contribution in [2.24, 2.45) is 0 Å². The van der Waals surface area contributed by atoms with Crippen molar-refractivity contribution < 1.29 is 9.90 Å². The van der Waals surface area contributed by atoms with E-state index >= 15 is 0 Å². The molecule has 2 heterocycles. The summed E-state index contributed by atoms with van der Waals surface area (Å²) in [6, 6.07) is 37.6. The molecule has 7 aromatic rings. The van der Waals surface area contributed by atoms with Crippen LogP contribution in [-0.4, -0.2) is 26.0 Å². The van der Waals surface area contributed by atoms with Gasteiger partial charge in [-0.15, -0.1) is 0 Å². The number of carboxylic acids is 1. The van der Waals surface area contributed by atoms with Crippen molar-refractivity contribution in [1.82, 2.24) is 15.0 Å². The predicted molar refractivity (Wildman–Crippen MR) is 188 cm³/mol. The van der Waals surface area contributed by atoms with Crippen molar-refractivity contribution in [3.63, 3.8) is 0 Å². The van der Waals surface area contributed by atoms with Gasteiger partial charge in [0.05, 0.1) is 5.56 Å². The summed E-state index contributed by atoms with van der Waals surface area (Å²) in [4.78, 5) is 22.8. The molecule has 2 aromatic heterocycles. The molecule has 0 bridgehead atoms. The third kappa shape index (κ3) is 6.13. The average molecular weight is 608 g/mol. The number of aromatic nitrogens is 3. The Labute approximate surface area is 264 Å². The van der Waals surface area contributed by atoms with E-state index in [0.29, 0.717) is 0 Å². The van der Waals surface area contributed by atoms with Crippen LogP contribution >= 0.6 is 7.92 Å². The quantitative estimate of drug-likeness (QED) is 0.194. The smallest absolute Gasteiger partial charge is 0.335 e. The molecule has 0 atom stereocenters. The van der Waals surface area contributed by atoms with Crippen molar-refractivity contribution in [2.45, 2.75) is 27.7 Å². The molecule has 222 valence electrons. The fourth-order valence-electron chi connectivity index (χ4n) is 5.70. The summed E-state index contributed by atoms with van der Waals surface area (Å²) >= 11 is 0. The molecule has 0 aliphatic heterocycles. The lowest BCUT2D eigenvalue weighted by atomic mass is 9.97. The molecule has 5 nitrogen and oxygen atoms in total. The number of aromatic carboxylic acids is 1. The van der Waals surface area contributed by atoms with Gasteiger partial charge in [-0.25, -0.2) is 14.8 Å². The lowest BCUT2D eigenvalue weighted by molar-refractivity contribution is 0.0697. The normalized spacial score (nSPS) is 11.0. The van der Waals surface area contributed by atoms with E-state index in [0.717, 1.165) is 38.6 Å². The summed E-state index contributed by atoms with van der Waals surface area (Å²) in [5.74, 6) is -0.923. The fraction of sp³-hybridized carbons (Fsp3) is 0.103. The first-order valence-corrected chi connectivity index (χ1v) is 16.2. The molecular formula is C39H34N3O2P. The number of H-pyrrole nitrogens is 1. The standard InChI is InChI=1S/C21H21P.C18H13N3O2/c1-16-10-4-7-13-19(16)22(20-14-8-5-11-17(20)2)21-15-9-6-12-18(21)3;1-10-2-3-12(18(22)23)6-14(10)11-4-5-13-15-8-19-9-20-17(15)21-16(13)7-11/h4-15H,1-3H3;2-9H,1H3,(H,22,23)(H,19,20,21). The van der Waals surface area contributed by atoms with Gasteiger partial charge in [0.15, 0.2) is 0 Å². The van der Waals surface area contributed by atoms with Gasteiger partial charge < -0.3 is 10.1 Å². The van der Waals surface area contributed by atoms with Crippen molar-refractivity contribution in [3.05, 3.63) is 150 Å². The van der Waals surface area contributed by atoms with Crippen molar-refractivity contribution in [2.75, 3.05) is 0 Å². The Morgan fingerprint density at radius 2 is 1.24 bits per heavy atom. The average Bonchev–Trinajstić information content (AvgIpc) is 3.42. The monoisotopic (exact) mass is 607 g/mol. The fourth-order valence-corrected chi connectivity index (χ4v) is 8.47. The van der Waals surface area contributed by atoms with Crippen LogP contribution in [-0.2, 0) is 0 Å². The third-order valence-electron chi connectivity index (χ3n) is 8.14. The van der Waals surface area contributed by atoms with Gasteiger partial charge in [-0.3, -0.25) is 0 Å². The van der Waals surface area contributed by atoms with Crippen LogP contribution in [0.3, 0.4) is 0 Å². The number of rotatable bonds is 5. The highest BCUT2D eigenvalue weighted by atomic mass is 31.1. The molecular weight excluding hydrogens is 573 g/mol. The number of aromatic amines is 1. The molecule has 5 aromatic carbocycles. The summed E-state index contributed by atoms with van der Waals surface area (Å²) in [5.41, 5.74) is 9.08. The molecule has 2 N–H and O–H groups in total. The Balaban J connectivity index is 0.000000159. The maximum Gasteiger partial charge on any atom is 0.335 e. The van der Waals surface area contributed by atoms with Crippen molar-refractivity contribution in [1.29, 1.82) is 0 Å². The Bertz CT molecular complexity index is 2060. The number of fused-ring (bicyclic) bond motifs is 3. The summed E-state index contributed by atoms with van der Waals surface area (Å²) in [5, 5.41) is 15.6. The minimum absolute atomic E-state index is 0.285. The molecule has 7 rings (SSSR count). The van der Waals surface area contributed by atoms with Crippen LogP contribution in [0, 0.1) is 27.7 Å². The van der Waals surface area contributed by atoms with Gasteiger partial charge in [0.2, 0.25) is 0 Å². The van der Waals surface area contributed by atoms with Crippen LogP contribution in [0.15, 0.2) is 122 Å². The molecule has 0 saturated carbocycles. The third-order valence-corrected chi connectivity index (χ3v) is 11.1. The first-order chi connectivity index (χ1) is 21.8. The number of nitrogens with one attached hydrogen (secondary N) is 1. The summed E-state index contributed by atoms with van der Waals surface area (Å²) in [6.07, 6.45) is 3.30. The highest BCUT2D eigenvalue weighted by molar-refractivity contribution is 7.80. The summed E-state index contributed by atoms with van der Waals surface area (Å²) < 4.78 is 0. The van der Waals surface area contributed by atoms with Gasteiger partial charge in [-0.05, 0) is 103 Å². The number of benzene rings is 5. The first kappa shape index (κ1) is 29.9. The molecule has 0 aliphatic carbocycles. The van der Waals surface area contributed by atoms with Crippen LogP contribution in [0.1, 0.15) is 32.6 Å². The van der Waals surface area contributed by atoms with Crippen LogP contribution in [0.5, 0.6) is 0 Å². The molecule has 0 radical (unpaired) electrons. The van der Waals surface area contributed by atoms with Gasteiger partial charge in [-0.2, -0.15) is 0 Å². The van der Waals surface area contributed by atoms with Crippen molar-refractivity contribution >= 4 is 51.7 Å². The van der Waals surface area contributed by atoms with E-state index in [1.807, 2.05) is 31.2 Å². The molecule has 0 aliphatic rings. The molecule has 0 unspecified atom stereocenters. The molecule has 6 heteroatoms. The van der Waals surface area contributed by atoms with E-state index in [4.69, 9.17) is 0 Å². The van der Waals surface area contributed by atoms with E-state index in [9.17, 15) is 9.90 Å². The molecule has 0 fully saturated rings. The molecule has 0 saturated heterocycles. The van der Waals surface area contributed by atoms with Crippen LogP contribution < -0.4 is 15.9 Å².